The Hall–Kier alpha value is -2.24. The minimum absolute atomic E-state index is 0.0923. The van der Waals surface area contributed by atoms with Crippen molar-refractivity contribution in [1.82, 2.24) is 25.9 Å². The highest BCUT2D eigenvalue weighted by Crippen LogP contribution is 2.26. The molecule has 2 unspecified atom stereocenters. The zero-order chi connectivity index (χ0) is 21.4. The van der Waals surface area contributed by atoms with E-state index in [2.05, 4.69) is 20.2 Å². The van der Waals surface area contributed by atoms with Crippen LogP contribution in [0, 0.1) is 0 Å². The van der Waals surface area contributed by atoms with Crippen LogP contribution in [0.4, 0.5) is 4.79 Å². The number of hydroxylamine groups is 3. The van der Waals surface area contributed by atoms with Crippen LogP contribution in [0.5, 0.6) is 0 Å². The number of hydrazone groups is 1. The molecule has 0 aromatic heterocycles. The van der Waals surface area contributed by atoms with E-state index < -0.39 is 16.4 Å². The van der Waals surface area contributed by atoms with Gasteiger partial charge in [-0.15, -0.1) is 4.28 Å². The predicted molar refractivity (Wildman–Crippen MR) is 98.5 cm³/mol. The topological polar surface area (TPSA) is 205 Å². The molecule has 3 aliphatic heterocycles. The number of carbonyl (C=O) groups is 2. The molecule has 3 aliphatic rings. The van der Waals surface area contributed by atoms with Crippen molar-refractivity contribution in [3.05, 3.63) is 0 Å². The molecular formula is C13H26N8O7S. The number of amides is 3. The van der Waals surface area contributed by atoms with Crippen LogP contribution in [0.25, 0.3) is 0 Å². The average Bonchev–Trinajstić information content (AvgIpc) is 3.21. The molecule has 3 amide bonds. The first-order chi connectivity index (χ1) is 13.7. The molecule has 0 spiro atoms. The van der Waals surface area contributed by atoms with Gasteiger partial charge in [0.15, 0.2) is 0 Å². The van der Waals surface area contributed by atoms with Crippen LogP contribution in [0.1, 0.15) is 19.3 Å². The third kappa shape index (κ3) is 6.94. The molecule has 7 N–H and O–H groups in total. The molecule has 29 heavy (non-hydrogen) atoms. The summed E-state index contributed by atoms with van der Waals surface area (Å²) in [5, 5.41) is 8.99. The van der Waals surface area contributed by atoms with Gasteiger partial charge < -0.3 is 16.0 Å². The number of nitrogens with one attached hydrogen (secondary N) is 2. The van der Waals surface area contributed by atoms with Crippen LogP contribution >= 0.6 is 0 Å². The number of fused-ring (bicyclic) bond motifs is 2. The van der Waals surface area contributed by atoms with Crippen molar-refractivity contribution in [2.75, 3.05) is 26.2 Å². The minimum atomic E-state index is -4.60. The van der Waals surface area contributed by atoms with Gasteiger partial charge in [-0.2, -0.15) is 18.6 Å². The molecule has 3 saturated heterocycles. The van der Waals surface area contributed by atoms with Gasteiger partial charge in [0, 0.05) is 25.7 Å². The first-order valence-electron chi connectivity index (χ1n) is 8.82. The van der Waals surface area contributed by atoms with E-state index in [-0.39, 0.29) is 18.1 Å². The summed E-state index contributed by atoms with van der Waals surface area (Å²) in [5.41, 5.74) is 7.25. The lowest BCUT2D eigenvalue weighted by molar-refractivity contribution is -0.121. The second-order valence-corrected chi connectivity index (χ2v) is 7.54. The number of rotatable bonds is 8. The highest BCUT2D eigenvalue weighted by atomic mass is 32.3. The summed E-state index contributed by atoms with van der Waals surface area (Å²) in [7, 11) is -4.60. The van der Waals surface area contributed by atoms with Crippen LogP contribution < -0.4 is 22.4 Å². The number of piperidine rings is 1. The van der Waals surface area contributed by atoms with Crippen LogP contribution in [0.3, 0.4) is 0 Å². The summed E-state index contributed by atoms with van der Waals surface area (Å²) in [6, 6.07) is -0.514. The Morgan fingerprint density at radius 1 is 1.48 bits per heavy atom. The lowest BCUT2D eigenvalue weighted by Crippen LogP contribution is -2.38. The van der Waals surface area contributed by atoms with E-state index in [0.29, 0.717) is 39.1 Å². The van der Waals surface area contributed by atoms with Gasteiger partial charge in [0.25, 0.3) is 0 Å². The summed E-state index contributed by atoms with van der Waals surface area (Å²) in [6.45, 7) is 2.19. The maximum Gasteiger partial charge on any atom is 0.418 e. The largest absolute Gasteiger partial charge is 0.418 e. The molecule has 0 saturated carbocycles. The fourth-order valence-electron chi connectivity index (χ4n) is 3.29. The Bertz CT molecular complexity index is 693. The number of hydrazine groups is 1. The summed E-state index contributed by atoms with van der Waals surface area (Å²) in [6.07, 6.45) is 3.94. The number of carbonyl (C=O) groups excluding carboxylic acids is 2. The second kappa shape index (κ2) is 10.5. The number of nitrogens with two attached hydrogens (primary N) is 2. The van der Waals surface area contributed by atoms with E-state index in [0.717, 1.165) is 24.2 Å². The van der Waals surface area contributed by atoms with Crippen molar-refractivity contribution in [1.29, 1.82) is 0 Å². The fraction of sp³-hybridized carbons (Fsp3) is 0.769. The molecular weight excluding hydrogens is 412 g/mol. The second-order valence-electron chi connectivity index (χ2n) is 6.54. The van der Waals surface area contributed by atoms with E-state index >= 15 is 0 Å². The van der Waals surface area contributed by atoms with E-state index in [9.17, 15) is 18.0 Å². The molecule has 3 fully saturated rings. The smallest absolute Gasteiger partial charge is 0.388 e. The third-order valence-corrected chi connectivity index (χ3v) is 4.90. The molecule has 166 valence electrons. The van der Waals surface area contributed by atoms with E-state index in [1.165, 1.54) is 10.0 Å². The molecule has 3 heterocycles. The van der Waals surface area contributed by atoms with Crippen molar-refractivity contribution >= 4 is 29.2 Å². The van der Waals surface area contributed by atoms with Crippen LogP contribution in [-0.4, -0.2) is 91.2 Å². The lowest BCUT2D eigenvalue weighted by atomic mass is 10.1. The predicted octanol–water partition coefficient (Wildman–Crippen LogP) is -2.91. The van der Waals surface area contributed by atoms with Gasteiger partial charge >= 0.3 is 16.4 Å². The van der Waals surface area contributed by atoms with Crippen LogP contribution in [0.15, 0.2) is 5.10 Å². The molecule has 0 aromatic carbocycles. The first kappa shape index (κ1) is 23.0. The highest BCUT2D eigenvalue weighted by molar-refractivity contribution is 7.80. The van der Waals surface area contributed by atoms with Gasteiger partial charge in [-0.3, -0.25) is 14.2 Å². The fourth-order valence-corrected chi connectivity index (χ4v) is 3.68. The van der Waals surface area contributed by atoms with Crippen LogP contribution in [-0.2, 0) is 24.3 Å². The number of hydrogen-bond donors (Lipinski definition) is 5. The van der Waals surface area contributed by atoms with E-state index in [4.69, 9.17) is 21.0 Å². The SMILES string of the molecule is N/C=N\N(N)C1CN[C@@H](CONC=O)C1.O=C1N2CCCC(C2)N1OS(=O)(=O)O. The molecule has 2 bridgehead atoms. The van der Waals surface area contributed by atoms with Gasteiger partial charge in [0.1, 0.15) is 6.34 Å². The summed E-state index contributed by atoms with van der Waals surface area (Å²) in [5.74, 6) is 5.61. The quantitative estimate of drug-likeness (QED) is 0.0494. The zero-order valence-corrected chi connectivity index (χ0v) is 16.4. The van der Waals surface area contributed by atoms with Crippen molar-refractivity contribution in [3.63, 3.8) is 0 Å². The van der Waals surface area contributed by atoms with Gasteiger partial charge in [0.05, 0.1) is 18.7 Å². The molecule has 3 rings (SSSR count). The standard InChI is InChI=1S/C7H16N6O2.C6H10N2O5S/c8-4-11-13(9)7-1-6(10-2-7)3-15-12-5-14;9-6-7-3-1-2-5(4-7)8(6)13-14(10,11)12/h4-7,10H,1-3,9H2,(H2,8,11)(H,12,14);5H,1-4H2,(H,10,11,12)/t6-,7?;/m1./s1. The van der Waals surface area contributed by atoms with Gasteiger partial charge in [-0.05, 0) is 19.3 Å². The zero-order valence-electron chi connectivity index (χ0n) is 15.6. The van der Waals surface area contributed by atoms with Crippen molar-refractivity contribution in [2.45, 2.75) is 37.4 Å². The van der Waals surface area contributed by atoms with Gasteiger partial charge in [0.2, 0.25) is 6.41 Å². The normalized spacial score (nSPS) is 26.4. The molecule has 16 heteroatoms. The Kier molecular flexibility index (Phi) is 8.35. The van der Waals surface area contributed by atoms with E-state index in [1.54, 1.807) is 0 Å². The molecule has 15 nitrogen and oxygen atoms in total. The Balaban J connectivity index is 0.000000207. The minimum Gasteiger partial charge on any atom is -0.388 e. The monoisotopic (exact) mass is 438 g/mol. The van der Waals surface area contributed by atoms with Crippen molar-refractivity contribution < 1.29 is 31.7 Å². The number of urea groups is 1. The van der Waals surface area contributed by atoms with Crippen molar-refractivity contribution in [3.8, 4) is 0 Å². The highest BCUT2D eigenvalue weighted by Gasteiger charge is 2.43. The molecule has 0 aromatic rings. The number of hydrogen-bond acceptors (Lipinski definition) is 10. The number of nitrogens with zero attached hydrogens (tertiary/aromatic N) is 4. The van der Waals surface area contributed by atoms with Gasteiger partial charge in [-0.25, -0.2) is 21.2 Å². The maximum atomic E-state index is 11.4. The lowest BCUT2D eigenvalue weighted by Gasteiger charge is -2.20. The van der Waals surface area contributed by atoms with Crippen LogP contribution in [0.2, 0.25) is 0 Å². The summed E-state index contributed by atoms with van der Waals surface area (Å²) >= 11 is 0. The molecule has 0 aliphatic carbocycles. The van der Waals surface area contributed by atoms with E-state index in [1.807, 2.05) is 0 Å². The Morgan fingerprint density at radius 3 is 2.86 bits per heavy atom. The maximum absolute atomic E-state index is 11.4. The molecule has 0 radical (unpaired) electrons. The molecule has 3 atom stereocenters. The average molecular weight is 438 g/mol. The summed E-state index contributed by atoms with van der Waals surface area (Å²) in [4.78, 5) is 27.7. The Labute approximate surface area is 167 Å². The summed E-state index contributed by atoms with van der Waals surface area (Å²) < 4.78 is 33.5. The van der Waals surface area contributed by atoms with Crippen molar-refractivity contribution in [2.24, 2.45) is 16.7 Å². The Morgan fingerprint density at radius 2 is 2.24 bits per heavy atom. The van der Waals surface area contributed by atoms with Gasteiger partial charge in [-0.1, -0.05) is 0 Å². The first-order valence-corrected chi connectivity index (χ1v) is 10.2. The third-order valence-electron chi connectivity index (χ3n) is 4.55.